The van der Waals surface area contributed by atoms with Crippen molar-refractivity contribution >= 4 is 0 Å². The second-order valence-electron chi connectivity index (χ2n) is 4.16. The van der Waals surface area contributed by atoms with Gasteiger partial charge in [0.1, 0.15) is 0 Å². The molecule has 78 valence electrons. The molecule has 0 radical (unpaired) electrons. The highest BCUT2D eigenvalue weighted by Crippen LogP contribution is 2.05. The summed E-state index contributed by atoms with van der Waals surface area (Å²) in [4.78, 5) is 0. The van der Waals surface area contributed by atoms with Crippen molar-refractivity contribution in [2.24, 2.45) is 0 Å². The standard InChI is InChI=1S/C12H19NO/c1-12(2,10-14-3)13-9-11-7-5-4-6-8-11/h4-8,13H,9-10H2,1-3H3. The first kappa shape index (κ1) is 11.2. The van der Waals surface area contributed by atoms with Crippen LogP contribution in [0.1, 0.15) is 19.4 Å². The van der Waals surface area contributed by atoms with E-state index in [0.29, 0.717) is 0 Å². The van der Waals surface area contributed by atoms with Crippen molar-refractivity contribution in [3.8, 4) is 0 Å². The van der Waals surface area contributed by atoms with E-state index in [9.17, 15) is 0 Å². The molecule has 0 saturated carbocycles. The number of rotatable bonds is 5. The number of benzene rings is 1. The fraction of sp³-hybridized carbons (Fsp3) is 0.500. The molecule has 1 aromatic rings. The van der Waals surface area contributed by atoms with Gasteiger partial charge < -0.3 is 10.1 Å². The summed E-state index contributed by atoms with van der Waals surface area (Å²) in [5.74, 6) is 0. The van der Waals surface area contributed by atoms with E-state index >= 15 is 0 Å². The lowest BCUT2D eigenvalue weighted by Gasteiger charge is -2.25. The van der Waals surface area contributed by atoms with Gasteiger partial charge in [0.05, 0.1) is 6.61 Å². The zero-order chi connectivity index (χ0) is 10.4. The molecule has 2 heteroatoms. The molecule has 1 aromatic carbocycles. The number of hydrogen-bond donors (Lipinski definition) is 1. The summed E-state index contributed by atoms with van der Waals surface area (Å²) >= 11 is 0. The fourth-order valence-corrected chi connectivity index (χ4v) is 1.35. The lowest BCUT2D eigenvalue weighted by molar-refractivity contribution is 0.128. The Hall–Kier alpha value is -0.860. The molecule has 0 fully saturated rings. The maximum Gasteiger partial charge on any atom is 0.0639 e. The van der Waals surface area contributed by atoms with E-state index in [1.54, 1.807) is 7.11 Å². The van der Waals surface area contributed by atoms with Gasteiger partial charge in [-0.3, -0.25) is 0 Å². The molecule has 0 aliphatic rings. The van der Waals surface area contributed by atoms with Gasteiger partial charge in [0, 0.05) is 19.2 Å². The molecular weight excluding hydrogens is 174 g/mol. The Balaban J connectivity index is 2.40. The normalized spacial score (nSPS) is 11.6. The van der Waals surface area contributed by atoms with Crippen LogP contribution in [0.2, 0.25) is 0 Å². The minimum atomic E-state index is 0.0323. The number of nitrogens with one attached hydrogen (secondary N) is 1. The van der Waals surface area contributed by atoms with Gasteiger partial charge in [-0.2, -0.15) is 0 Å². The predicted molar refractivity (Wildman–Crippen MR) is 59.2 cm³/mol. The molecule has 14 heavy (non-hydrogen) atoms. The number of ether oxygens (including phenoxy) is 1. The van der Waals surface area contributed by atoms with E-state index < -0.39 is 0 Å². The van der Waals surface area contributed by atoms with Crippen LogP contribution in [-0.4, -0.2) is 19.3 Å². The second-order valence-corrected chi connectivity index (χ2v) is 4.16. The van der Waals surface area contributed by atoms with Crippen LogP contribution in [0.15, 0.2) is 30.3 Å². The van der Waals surface area contributed by atoms with Gasteiger partial charge in [0.15, 0.2) is 0 Å². The first-order valence-electron chi connectivity index (χ1n) is 4.92. The van der Waals surface area contributed by atoms with Gasteiger partial charge in [-0.25, -0.2) is 0 Å². The summed E-state index contributed by atoms with van der Waals surface area (Å²) in [6.45, 7) is 5.88. The van der Waals surface area contributed by atoms with Crippen molar-refractivity contribution in [3.63, 3.8) is 0 Å². The quantitative estimate of drug-likeness (QED) is 0.774. The SMILES string of the molecule is COCC(C)(C)NCc1ccccc1. The minimum absolute atomic E-state index is 0.0323. The second kappa shape index (κ2) is 5.13. The summed E-state index contributed by atoms with van der Waals surface area (Å²) < 4.78 is 5.13. The van der Waals surface area contributed by atoms with Crippen molar-refractivity contribution in [2.45, 2.75) is 25.9 Å². The van der Waals surface area contributed by atoms with E-state index in [1.165, 1.54) is 5.56 Å². The zero-order valence-corrected chi connectivity index (χ0v) is 9.21. The van der Waals surface area contributed by atoms with Crippen molar-refractivity contribution in [3.05, 3.63) is 35.9 Å². The van der Waals surface area contributed by atoms with Crippen LogP contribution in [0.25, 0.3) is 0 Å². The van der Waals surface area contributed by atoms with Gasteiger partial charge >= 0.3 is 0 Å². The van der Waals surface area contributed by atoms with E-state index in [-0.39, 0.29) is 5.54 Å². The molecule has 0 heterocycles. The van der Waals surface area contributed by atoms with Crippen LogP contribution >= 0.6 is 0 Å². The average Bonchev–Trinajstić information content (AvgIpc) is 2.17. The summed E-state index contributed by atoms with van der Waals surface area (Å²) in [7, 11) is 1.73. The number of methoxy groups -OCH3 is 1. The molecule has 0 spiro atoms. The number of hydrogen-bond acceptors (Lipinski definition) is 2. The Morgan fingerprint density at radius 3 is 2.43 bits per heavy atom. The van der Waals surface area contributed by atoms with Crippen molar-refractivity contribution in [2.75, 3.05) is 13.7 Å². The third kappa shape index (κ3) is 3.90. The van der Waals surface area contributed by atoms with Gasteiger partial charge in [-0.05, 0) is 19.4 Å². The molecule has 2 nitrogen and oxygen atoms in total. The molecular formula is C12H19NO. The average molecular weight is 193 g/mol. The van der Waals surface area contributed by atoms with Crippen LogP contribution in [-0.2, 0) is 11.3 Å². The monoisotopic (exact) mass is 193 g/mol. The zero-order valence-electron chi connectivity index (χ0n) is 9.21. The van der Waals surface area contributed by atoms with Crippen molar-refractivity contribution in [1.29, 1.82) is 0 Å². The highest BCUT2D eigenvalue weighted by atomic mass is 16.5. The fourth-order valence-electron chi connectivity index (χ4n) is 1.35. The molecule has 0 aromatic heterocycles. The maximum absolute atomic E-state index is 5.13. The first-order chi connectivity index (χ1) is 6.64. The summed E-state index contributed by atoms with van der Waals surface area (Å²) in [5, 5.41) is 3.45. The Labute approximate surface area is 86.3 Å². The summed E-state index contributed by atoms with van der Waals surface area (Å²) in [6.07, 6.45) is 0. The Bertz CT molecular complexity index is 256. The highest BCUT2D eigenvalue weighted by molar-refractivity contribution is 5.14. The van der Waals surface area contributed by atoms with E-state index in [4.69, 9.17) is 4.74 Å². The van der Waals surface area contributed by atoms with E-state index in [2.05, 4.69) is 43.4 Å². The molecule has 0 atom stereocenters. The van der Waals surface area contributed by atoms with Gasteiger partial charge in [0.25, 0.3) is 0 Å². The predicted octanol–water partition coefficient (Wildman–Crippen LogP) is 2.20. The van der Waals surface area contributed by atoms with Gasteiger partial charge in [-0.15, -0.1) is 0 Å². The molecule has 1 N–H and O–H groups in total. The Morgan fingerprint density at radius 2 is 1.86 bits per heavy atom. The third-order valence-electron chi connectivity index (χ3n) is 2.12. The lowest BCUT2D eigenvalue weighted by Crippen LogP contribution is -2.42. The van der Waals surface area contributed by atoms with Crippen molar-refractivity contribution in [1.82, 2.24) is 5.32 Å². The van der Waals surface area contributed by atoms with Crippen LogP contribution in [0, 0.1) is 0 Å². The van der Waals surface area contributed by atoms with E-state index in [1.807, 2.05) is 6.07 Å². The molecule has 0 aliphatic carbocycles. The van der Waals surface area contributed by atoms with Gasteiger partial charge in [-0.1, -0.05) is 30.3 Å². The molecule has 0 saturated heterocycles. The molecule has 1 rings (SSSR count). The molecule has 0 bridgehead atoms. The van der Waals surface area contributed by atoms with Crippen LogP contribution in [0.5, 0.6) is 0 Å². The Kier molecular flexibility index (Phi) is 4.11. The smallest absolute Gasteiger partial charge is 0.0639 e. The molecule has 0 unspecified atom stereocenters. The molecule has 0 aliphatic heterocycles. The summed E-state index contributed by atoms with van der Waals surface area (Å²) in [6, 6.07) is 10.4. The lowest BCUT2D eigenvalue weighted by atomic mass is 10.1. The molecule has 0 amide bonds. The van der Waals surface area contributed by atoms with E-state index in [0.717, 1.165) is 13.2 Å². The minimum Gasteiger partial charge on any atom is -0.383 e. The highest BCUT2D eigenvalue weighted by Gasteiger charge is 2.15. The van der Waals surface area contributed by atoms with Crippen LogP contribution in [0.3, 0.4) is 0 Å². The van der Waals surface area contributed by atoms with Crippen molar-refractivity contribution < 1.29 is 4.74 Å². The Morgan fingerprint density at radius 1 is 1.21 bits per heavy atom. The van der Waals surface area contributed by atoms with Gasteiger partial charge in [0.2, 0.25) is 0 Å². The summed E-state index contributed by atoms with van der Waals surface area (Å²) in [5.41, 5.74) is 1.33. The van der Waals surface area contributed by atoms with Crippen LogP contribution < -0.4 is 5.32 Å². The van der Waals surface area contributed by atoms with Crippen LogP contribution in [0.4, 0.5) is 0 Å². The third-order valence-corrected chi connectivity index (χ3v) is 2.12. The largest absolute Gasteiger partial charge is 0.383 e. The first-order valence-corrected chi connectivity index (χ1v) is 4.92. The topological polar surface area (TPSA) is 21.3 Å². The maximum atomic E-state index is 5.13.